The number of rotatable bonds is 2. The van der Waals surface area contributed by atoms with Gasteiger partial charge in [0.25, 0.3) is 0 Å². The van der Waals surface area contributed by atoms with Crippen molar-refractivity contribution < 1.29 is 0 Å². The molecule has 84 valence electrons. The number of nitrogen functional groups attached to an aromatic ring is 1. The van der Waals surface area contributed by atoms with Gasteiger partial charge in [0, 0.05) is 20.0 Å². The summed E-state index contributed by atoms with van der Waals surface area (Å²) in [6, 6.07) is 15.3. The van der Waals surface area contributed by atoms with Crippen LogP contribution in [0.4, 0.5) is 5.69 Å². The lowest BCUT2D eigenvalue weighted by Gasteiger charge is -2.06. The summed E-state index contributed by atoms with van der Waals surface area (Å²) in [5.41, 5.74) is 7.29. The van der Waals surface area contributed by atoms with Crippen LogP contribution in [0.5, 0.6) is 0 Å². The molecule has 0 unspecified atom stereocenters. The van der Waals surface area contributed by atoms with Gasteiger partial charge in [-0.15, -0.1) is 0 Å². The van der Waals surface area contributed by atoms with Crippen LogP contribution >= 0.6 is 27.7 Å². The Morgan fingerprint density at radius 1 is 1.12 bits per heavy atom. The Morgan fingerprint density at radius 3 is 2.53 bits per heavy atom. The van der Waals surface area contributed by atoms with E-state index in [1.54, 1.807) is 17.8 Å². The molecule has 2 aromatic rings. The average molecular weight is 305 g/mol. The molecule has 0 radical (unpaired) electrons. The molecule has 0 saturated carbocycles. The number of anilines is 1. The van der Waals surface area contributed by atoms with Gasteiger partial charge in [-0.2, -0.15) is 5.26 Å². The molecule has 0 atom stereocenters. The van der Waals surface area contributed by atoms with Crippen LogP contribution in [-0.2, 0) is 0 Å². The molecule has 2 N–H and O–H groups in total. The highest BCUT2D eigenvalue weighted by molar-refractivity contribution is 9.10. The second-order valence-electron chi connectivity index (χ2n) is 3.40. The van der Waals surface area contributed by atoms with Gasteiger partial charge < -0.3 is 5.73 Å². The summed E-state index contributed by atoms with van der Waals surface area (Å²) in [5, 5.41) is 8.79. The molecule has 0 spiro atoms. The Balaban J connectivity index is 2.32. The van der Waals surface area contributed by atoms with Crippen LogP contribution in [0.2, 0.25) is 0 Å². The van der Waals surface area contributed by atoms with Gasteiger partial charge in [-0.25, -0.2) is 0 Å². The maximum absolute atomic E-state index is 8.79. The van der Waals surface area contributed by atoms with Crippen molar-refractivity contribution in [3.8, 4) is 6.07 Å². The zero-order valence-electron chi connectivity index (χ0n) is 8.85. The number of para-hydroxylation sites is 1. The minimum atomic E-state index is 0.641. The van der Waals surface area contributed by atoms with Crippen molar-refractivity contribution in [2.45, 2.75) is 9.79 Å². The summed E-state index contributed by atoms with van der Waals surface area (Å²) >= 11 is 5.04. The minimum Gasteiger partial charge on any atom is -0.398 e. The van der Waals surface area contributed by atoms with E-state index in [2.05, 4.69) is 22.0 Å². The predicted octanol–water partition coefficient (Wildman–Crippen LogP) is 4.05. The first-order chi connectivity index (χ1) is 8.20. The van der Waals surface area contributed by atoms with E-state index in [1.807, 2.05) is 36.4 Å². The molecule has 0 fully saturated rings. The molecule has 2 rings (SSSR count). The molecule has 0 aliphatic rings. The summed E-state index contributed by atoms with van der Waals surface area (Å²) in [6.07, 6.45) is 0. The fraction of sp³-hybridized carbons (Fsp3) is 0. The highest BCUT2D eigenvalue weighted by atomic mass is 79.9. The molecule has 4 heteroatoms. The van der Waals surface area contributed by atoms with Crippen LogP contribution in [0, 0.1) is 11.3 Å². The zero-order valence-corrected chi connectivity index (χ0v) is 11.3. The molecule has 17 heavy (non-hydrogen) atoms. The van der Waals surface area contributed by atoms with Crippen LogP contribution in [0.3, 0.4) is 0 Å². The number of benzene rings is 2. The number of halogens is 1. The highest BCUT2D eigenvalue weighted by Crippen LogP contribution is 2.36. The Labute approximate surface area is 113 Å². The van der Waals surface area contributed by atoms with Gasteiger partial charge in [0.1, 0.15) is 0 Å². The summed E-state index contributed by atoms with van der Waals surface area (Å²) in [6.45, 7) is 0. The smallest absolute Gasteiger partial charge is 0.0992 e. The largest absolute Gasteiger partial charge is 0.398 e. The number of hydrogen-bond acceptors (Lipinski definition) is 3. The minimum absolute atomic E-state index is 0.641. The second kappa shape index (κ2) is 5.26. The van der Waals surface area contributed by atoms with Gasteiger partial charge in [-0.3, -0.25) is 0 Å². The molecule has 0 bridgehead atoms. The van der Waals surface area contributed by atoms with Crippen molar-refractivity contribution in [3.63, 3.8) is 0 Å². The van der Waals surface area contributed by atoms with E-state index < -0.39 is 0 Å². The highest BCUT2D eigenvalue weighted by Gasteiger charge is 2.05. The summed E-state index contributed by atoms with van der Waals surface area (Å²) in [4.78, 5) is 2.06. The van der Waals surface area contributed by atoms with E-state index in [1.165, 1.54) is 0 Å². The van der Waals surface area contributed by atoms with Gasteiger partial charge >= 0.3 is 0 Å². The molecule has 0 aliphatic heterocycles. The molecular weight excluding hydrogens is 296 g/mol. The molecule has 0 amide bonds. The fourth-order valence-electron chi connectivity index (χ4n) is 1.35. The average Bonchev–Trinajstić information content (AvgIpc) is 2.34. The first-order valence-electron chi connectivity index (χ1n) is 4.92. The molecule has 0 aliphatic carbocycles. The normalized spacial score (nSPS) is 9.88. The Kier molecular flexibility index (Phi) is 3.72. The van der Waals surface area contributed by atoms with Crippen LogP contribution in [0.25, 0.3) is 0 Å². The lowest BCUT2D eigenvalue weighted by atomic mass is 10.2. The van der Waals surface area contributed by atoms with Gasteiger partial charge in [-0.05, 0) is 46.3 Å². The summed E-state index contributed by atoms with van der Waals surface area (Å²) in [7, 11) is 0. The van der Waals surface area contributed by atoms with Crippen LogP contribution in [-0.4, -0.2) is 0 Å². The molecule has 0 aromatic heterocycles. The van der Waals surface area contributed by atoms with E-state index in [4.69, 9.17) is 11.0 Å². The Bertz CT molecular complexity index is 590. The SMILES string of the molecule is N#Cc1ccc(Sc2ccccc2N)c(Br)c1. The maximum Gasteiger partial charge on any atom is 0.0992 e. The van der Waals surface area contributed by atoms with Crippen molar-refractivity contribution >= 4 is 33.4 Å². The fourth-order valence-corrected chi connectivity index (χ4v) is 2.83. The standard InChI is InChI=1S/C13H9BrN2S/c14-10-7-9(8-15)5-6-12(10)17-13-4-2-1-3-11(13)16/h1-7H,16H2. The third-order valence-electron chi connectivity index (χ3n) is 2.20. The van der Waals surface area contributed by atoms with Crippen LogP contribution in [0.15, 0.2) is 56.7 Å². The lowest BCUT2D eigenvalue weighted by molar-refractivity contribution is 1.35. The molecule has 2 nitrogen and oxygen atoms in total. The zero-order chi connectivity index (χ0) is 12.3. The monoisotopic (exact) mass is 304 g/mol. The number of nitrogens with zero attached hydrogens (tertiary/aromatic N) is 1. The summed E-state index contributed by atoms with van der Waals surface area (Å²) in [5.74, 6) is 0. The Hall–Kier alpha value is -1.44. The van der Waals surface area contributed by atoms with Gasteiger partial charge in [-0.1, -0.05) is 23.9 Å². The van der Waals surface area contributed by atoms with Crippen LogP contribution < -0.4 is 5.73 Å². The van der Waals surface area contributed by atoms with Gasteiger partial charge in [0.15, 0.2) is 0 Å². The topological polar surface area (TPSA) is 49.8 Å². The molecular formula is C13H9BrN2S. The van der Waals surface area contributed by atoms with Gasteiger partial charge in [0.2, 0.25) is 0 Å². The second-order valence-corrected chi connectivity index (χ2v) is 5.34. The number of nitrogens with two attached hydrogens (primary N) is 1. The van der Waals surface area contributed by atoms with E-state index in [9.17, 15) is 0 Å². The van der Waals surface area contributed by atoms with Crippen molar-refractivity contribution in [2.24, 2.45) is 0 Å². The molecule has 2 aromatic carbocycles. The van der Waals surface area contributed by atoms with E-state index >= 15 is 0 Å². The van der Waals surface area contributed by atoms with Crippen molar-refractivity contribution in [1.29, 1.82) is 5.26 Å². The number of hydrogen-bond donors (Lipinski definition) is 1. The lowest BCUT2D eigenvalue weighted by Crippen LogP contribution is -1.87. The Morgan fingerprint density at radius 2 is 1.88 bits per heavy atom. The van der Waals surface area contributed by atoms with Crippen molar-refractivity contribution in [1.82, 2.24) is 0 Å². The third kappa shape index (κ3) is 2.82. The van der Waals surface area contributed by atoms with E-state index in [-0.39, 0.29) is 0 Å². The van der Waals surface area contributed by atoms with E-state index in [0.717, 1.165) is 20.0 Å². The number of nitriles is 1. The van der Waals surface area contributed by atoms with Crippen LogP contribution in [0.1, 0.15) is 5.56 Å². The first kappa shape index (κ1) is 12.0. The predicted molar refractivity (Wildman–Crippen MR) is 73.8 cm³/mol. The maximum atomic E-state index is 8.79. The van der Waals surface area contributed by atoms with Gasteiger partial charge in [0.05, 0.1) is 11.6 Å². The summed E-state index contributed by atoms with van der Waals surface area (Å²) < 4.78 is 0.907. The molecule has 0 saturated heterocycles. The third-order valence-corrected chi connectivity index (χ3v) is 4.29. The van der Waals surface area contributed by atoms with Crippen molar-refractivity contribution in [3.05, 3.63) is 52.5 Å². The molecule has 0 heterocycles. The van der Waals surface area contributed by atoms with Crippen molar-refractivity contribution in [2.75, 3.05) is 5.73 Å². The first-order valence-corrected chi connectivity index (χ1v) is 6.53. The quantitative estimate of drug-likeness (QED) is 0.851. The van der Waals surface area contributed by atoms with E-state index in [0.29, 0.717) is 5.56 Å².